The highest BCUT2D eigenvalue weighted by Gasteiger charge is 1.95. The van der Waals surface area contributed by atoms with Gasteiger partial charge in [0.05, 0.1) is 0 Å². The molecule has 1 rings (SSSR count). The zero-order valence-electron chi connectivity index (χ0n) is 8.75. The first kappa shape index (κ1) is 10.7. The Morgan fingerprint density at radius 1 is 1.57 bits per heavy atom. The summed E-state index contributed by atoms with van der Waals surface area (Å²) in [5.74, 6) is 0.594. The molecule has 0 atom stereocenters. The molecule has 0 amide bonds. The minimum atomic E-state index is 0.594. The van der Waals surface area contributed by atoms with Crippen molar-refractivity contribution in [2.75, 3.05) is 19.3 Å². The minimum absolute atomic E-state index is 0.594. The summed E-state index contributed by atoms with van der Waals surface area (Å²) in [5, 5.41) is 3.08. The number of nitrogens with one attached hydrogen (secondary N) is 1. The topological polar surface area (TPSA) is 50.9 Å². The van der Waals surface area contributed by atoms with Crippen LogP contribution in [0.25, 0.3) is 6.08 Å². The van der Waals surface area contributed by atoms with Crippen LogP contribution in [0.15, 0.2) is 18.3 Å². The molecule has 0 radical (unpaired) electrons. The Morgan fingerprint density at radius 3 is 3.07 bits per heavy atom. The van der Waals surface area contributed by atoms with Gasteiger partial charge in [0.15, 0.2) is 0 Å². The Kier molecular flexibility index (Phi) is 4.13. The van der Waals surface area contributed by atoms with Crippen molar-refractivity contribution >= 4 is 11.9 Å². The van der Waals surface area contributed by atoms with Gasteiger partial charge in [0.2, 0.25) is 0 Å². The van der Waals surface area contributed by atoms with Gasteiger partial charge in [-0.1, -0.05) is 12.2 Å². The molecular weight excluding hydrogens is 174 g/mol. The molecule has 0 aliphatic heterocycles. The van der Waals surface area contributed by atoms with Gasteiger partial charge < -0.3 is 11.1 Å². The zero-order valence-corrected chi connectivity index (χ0v) is 8.75. The van der Waals surface area contributed by atoms with Crippen molar-refractivity contribution in [3.05, 3.63) is 29.5 Å². The van der Waals surface area contributed by atoms with Crippen LogP contribution in [0.4, 0.5) is 5.82 Å². The van der Waals surface area contributed by atoms with Crippen LogP contribution in [0.3, 0.4) is 0 Å². The lowest BCUT2D eigenvalue weighted by atomic mass is 10.2. The Morgan fingerprint density at radius 2 is 2.36 bits per heavy atom. The summed E-state index contributed by atoms with van der Waals surface area (Å²) in [6.07, 6.45) is 6.90. The summed E-state index contributed by atoms with van der Waals surface area (Å²) in [7, 11) is 1.94. The van der Waals surface area contributed by atoms with E-state index in [1.807, 2.05) is 26.1 Å². The molecule has 0 bridgehead atoms. The van der Waals surface area contributed by atoms with Gasteiger partial charge in [0.1, 0.15) is 5.82 Å². The normalized spacial score (nSPS) is 11.0. The fourth-order valence-electron chi connectivity index (χ4n) is 1.17. The van der Waals surface area contributed by atoms with Crippen LogP contribution in [-0.2, 0) is 0 Å². The molecular formula is C11H17N3. The first-order chi connectivity index (χ1) is 6.74. The number of nitrogen functional groups attached to an aromatic ring is 1. The lowest BCUT2D eigenvalue weighted by Crippen LogP contribution is -2.05. The average Bonchev–Trinajstić information content (AvgIpc) is 2.18. The number of pyridine rings is 1. The number of rotatable bonds is 4. The molecule has 76 valence electrons. The van der Waals surface area contributed by atoms with E-state index < -0.39 is 0 Å². The number of hydrogen-bond acceptors (Lipinski definition) is 3. The van der Waals surface area contributed by atoms with Crippen LogP contribution in [0.2, 0.25) is 0 Å². The molecule has 0 spiro atoms. The molecule has 0 unspecified atom stereocenters. The predicted octanol–water partition coefficient (Wildman–Crippen LogP) is 1.59. The Hall–Kier alpha value is -1.35. The van der Waals surface area contributed by atoms with Crippen LogP contribution in [-0.4, -0.2) is 18.6 Å². The summed E-state index contributed by atoms with van der Waals surface area (Å²) in [6.45, 7) is 2.99. The van der Waals surface area contributed by atoms with Gasteiger partial charge in [0.25, 0.3) is 0 Å². The van der Waals surface area contributed by atoms with Crippen LogP contribution in [0, 0.1) is 6.92 Å². The molecule has 3 heteroatoms. The highest BCUT2D eigenvalue weighted by molar-refractivity contribution is 5.61. The van der Waals surface area contributed by atoms with Crippen molar-refractivity contribution in [2.24, 2.45) is 0 Å². The Bertz CT molecular complexity index is 318. The van der Waals surface area contributed by atoms with E-state index in [-0.39, 0.29) is 0 Å². The number of hydrogen-bond donors (Lipinski definition) is 2. The van der Waals surface area contributed by atoms with Crippen molar-refractivity contribution < 1.29 is 0 Å². The van der Waals surface area contributed by atoms with E-state index in [0.717, 1.165) is 24.1 Å². The van der Waals surface area contributed by atoms with Gasteiger partial charge >= 0.3 is 0 Å². The highest BCUT2D eigenvalue weighted by Crippen LogP contribution is 2.12. The predicted molar refractivity (Wildman–Crippen MR) is 61.0 cm³/mol. The Labute approximate surface area is 85.0 Å². The number of aryl methyl sites for hydroxylation is 1. The number of anilines is 1. The quantitative estimate of drug-likeness (QED) is 0.711. The smallest absolute Gasteiger partial charge is 0.130 e. The third-order valence-corrected chi connectivity index (χ3v) is 1.94. The summed E-state index contributed by atoms with van der Waals surface area (Å²) < 4.78 is 0. The largest absolute Gasteiger partial charge is 0.383 e. The molecule has 1 aromatic heterocycles. The van der Waals surface area contributed by atoms with Gasteiger partial charge in [-0.05, 0) is 38.6 Å². The standard InChI is InChI=1S/C11H17N3/c1-9-7-10(11(12)14-8-9)5-3-4-6-13-2/h3,5,7-8,13H,4,6H2,1-2H3,(H2,12,14). The van der Waals surface area contributed by atoms with E-state index >= 15 is 0 Å². The van der Waals surface area contributed by atoms with Gasteiger partial charge in [0, 0.05) is 11.8 Å². The summed E-state index contributed by atoms with van der Waals surface area (Å²) in [5.41, 5.74) is 7.86. The second-order valence-corrected chi connectivity index (χ2v) is 3.28. The fraction of sp³-hybridized carbons (Fsp3) is 0.364. The SMILES string of the molecule is CNCCC=Cc1cc(C)cnc1N. The van der Waals surface area contributed by atoms with Crippen LogP contribution in [0.1, 0.15) is 17.5 Å². The second-order valence-electron chi connectivity index (χ2n) is 3.28. The van der Waals surface area contributed by atoms with Gasteiger partial charge in [-0.15, -0.1) is 0 Å². The fourth-order valence-corrected chi connectivity index (χ4v) is 1.17. The van der Waals surface area contributed by atoms with Crippen LogP contribution in [0.5, 0.6) is 0 Å². The molecule has 1 heterocycles. The van der Waals surface area contributed by atoms with E-state index in [1.54, 1.807) is 6.20 Å². The lowest BCUT2D eigenvalue weighted by molar-refractivity contribution is 0.809. The first-order valence-electron chi connectivity index (χ1n) is 4.77. The van der Waals surface area contributed by atoms with Gasteiger partial charge in [-0.25, -0.2) is 4.98 Å². The third kappa shape index (κ3) is 3.18. The molecule has 0 aliphatic carbocycles. The zero-order chi connectivity index (χ0) is 10.4. The minimum Gasteiger partial charge on any atom is -0.383 e. The van der Waals surface area contributed by atoms with Crippen molar-refractivity contribution in [1.82, 2.24) is 10.3 Å². The summed E-state index contributed by atoms with van der Waals surface area (Å²) >= 11 is 0. The maximum absolute atomic E-state index is 5.73. The molecule has 0 aliphatic rings. The number of nitrogens with zero attached hydrogens (tertiary/aromatic N) is 1. The van der Waals surface area contributed by atoms with E-state index in [9.17, 15) is 0 Å². The molecule has 0 fully saturated rings. The second kappa shape index (κ2) is 5.40. The average molecular weight is 191 g/mol. The van der Waals surface area contributed by atoms with Gasteiger partial charge in [-0.2, -0.15) is 0 Å². The first-order valence-corrected chi connectivity index (χ1v) is 4.77. The molecule has 3 N–H and O–H groups in total. The molecule has 0 aromatic carbocycles. The molecule has 0 saturated heterocycles. The molecule has 0 saturated carbocycles. The number of aromatic nitrogens is 1. The van der Waals surface area contributed by atoms with E-state index in [0.29, 0.717) is 5.82 Å². The molecule has 14 heavy (non-hydrogen) atoms. The van der Waals surface area contributed by atoms with E-state index in [4.69, 9.17) is 5.73 Å². The number of nitrogens with two attached hydrogens (primary N) is 1. The lowest BCUT2D eigenvalue weighted by Gasteiger charge is -2.00. The molecule has 3 nitrogen and oxygen atoms in total. The Balaban J connectivity index is 2.65. The van der Waals surface area contributed by atoms with Crippen molar-refractivity contribution in [3.8, 4) is 0 Å². The summed E-state index contributed by atoms with van der Waals surface area (Å²) in [6, 6.07) is 2.04. The monoisotopic (exact) mass is 191 g/mol. The third-order valence-electron chi connectivity index (χ3n) is 1.94. The van der Waals surface area contributed by atoms with Crippen LogP contribution >= 0.6 is 0 Å². The van der Waals surface area contributed by atoms with Crippen molar-refractivity contribution in [2.45, 2.75) is 13.3 Å². The van der Waals surface area contributed by atoms with Crippen LogP contribution < -0.4 is 11.1 Å². The highest BCUT2D eigenvalue weighted by atomic mass is 14.8. The summed E-state index contributed by atoms with van der Waals surface area (Å²) in [4.78, 5) is 4.09. The maximum atomic E-state index is 5.73. The van der Waals surface area contributed by atoms with E-state index in [2.05, 4.69) is 16.4 Å². The maximum Gasteiger partial charge on any atom is 0.130 e. The molecule has 1 aromatic rings. The van der Waals surface area contributed by atoms with E-state index in [1.165, 1.54) is 0 Å². The van der Waals surface area contributed by atoms with Gasteiger partial charge in [-0.3, -0.25) is 0 Å². The van der Waals surface area contributed by atoms with Crippen molar-refractivity contribution in [3.63, 3.8) is 0 Å². The van der Waals surface area contributed by atoms with Crippen molar-refractivity contribution in [1.29, 1.82) is 0 Å².